The van der Waals surface area contributed by atoms with Crippen molar-refractivity contribution in [2.24, 2.45) is 0 Å². The summed E-state index contributed by atoms with van der Waals surface area (Å²) in [5.41, 5.74) is 0.956. The number of aromatic nitrogens is 4. The Hall–Kier alpha value is -3.12. The molecule has 12 nitrogen and oxygen atoms in total. The molecule has 2 bridgehead atoms. The predicted molar refractivity (Wildman–Crippen MR) is 144 cm³/mol. The number of anilines is 3. The van der Waals surface area contributed by atoms with Crippen LogP contribution in [0.25, 0.3) is 0 Å². The number of carbonyl (C=O) groups is 1. The SMILES string of the molecule is Cc1cc(Nc2cc(O[C@@H]3CCOC3)nc(N(C)C3C[C@H]4CCC[C@@H](C3)N4C(=O)OC3CCOCC3)n2)n[nH]1. The lowest BCUT2D eigenvalue weighted by molar-refractivity contribution is -0.0344. The van der Waals surface area contributed by atoms with Gasteiger partial charge in [0.1, 0.15) is 18.0 Å². The van der Waals surface area contributed by atoms with E-state index in [1.807, 2.05) is 31.0 Å². The molecule has 2 aromatic heterocycles. The van der Waals surface area contributed by atoms with Crippen LogP contribution < -0.4 is 15.0 Å². The fraction of sp³-hybridized carbons (Fsp3) is 0.704. The maximum absolute atomic E-state index is 13.2. The van der Waals surface area contributed by atoms with Crippen LogP contribution in [0.3, 0.4) is 0 Å². The third kappa shape index (κ3) is 6.06. The van der Waals surface area contributed by atoms with Crippen molar-refractivity contribution in [3.63, 3.8) is 0 Å². The minimum absolute atomic E-state index is 0.0251. The van der Waals surface area contributed by atoms with E-state index in [0.29, 0.717) is 49.9 Å². The number of carbonyl (C=O) groups excluding carboxylic acids is 1. The van der Waals surface area contributed by atoms with E-state index in [0.717, 1.165) is 57.1 Å². The number of rotatable bonds is 7. The molecule has 12 heteroatoms. The summed E-state index contributed by atoms with van der Waals surface area (Å²) in [7, 11) is 2.04. The Morgan fingerprint density at radius 2 is 1.77 bits per heavy atom. The first kappa shape index (κ1) is 26.1. The van der Waals surface area contributed by atoms with Crippen molar-refractivity contribution in [1.82, 2.24) is 25.1 Å². The van der Waals surface area contributed by atoms with E-state index in [-0.39, 0.29) is 36.4 Å². The van der Waals surface area contributed by atoms with E-state index in [1.165, 1.54) is 0 Å². The average Bonchev–Trinajstić information content (AvgIpc) is 3.59. The summed E-state index contributed by atoms with van der Waals surface area (Å²) in [5.74, 6) is 2.39. The summed E-state index contributed by atoms with van der Waals surface area (Å²) >= 11 is 0. The highest BCUT2D eigenvalue weighted by atomic mass is 16.6. The Kier molecular flexibility index (Phi) is 7.73. The van der Waals surface area contributed by atoms with Crippen LogP contribution in [0.4, 0.5) is 22.4 Å². The van der Waals surface area contributed by atoms with Gasteiger partial charge in [-0.1, -0.05) is 0 Å². The molecule has 39 heavy (non-hydrogen) atoms. The Balaban J connectivity index is 1.18. The molecule has 0 aliphatic carbocycles. The maximum atomic E-state index is 13.2. The smallest absolute Gasteiger partial charge is 0.410 e. The van der Waals surface area contributed by atoms with Gasteiger partial charge in [0.25, 0.3) is 0 Å². The van der Waals surface area contributed by atoms with Gasteiger partial charge in [-0.25, -0.2) is 4.79 Å². The fourth-order valence-electron chi connectivity index (χ4n) is 6.21. The number of aromatic amines is 1. The molecule has 4 aliphatic rings. The van der Waals surface area contributed by atoms with Crippen LogP contribution in [0.5, 0.6) is 5.88 Å². The van der Waals surface area contributed by atoms with Gasteiger partial charge in [0, 0.05) is 62.3 Å². The first-order chi connectivity index (χ1) is 19.0. The maximum Gasteiger partial charge on any atom is 0.410 e. The lowest BCUT2D eigenvalue weighted by Crippen LogP contribution is -2.59. The summed E-state index contributed by atoms with van der Waals surface area (Å²) in [6.45, 7) is 4.52. The standard InChI is InChI=1S/C27H39N7O5/c1-17-12-24(32-31-17)28-23-15-25(38-22-8-11-37-16-22)30-26(29-23)33(2)20-13-18-4-3-5-19(14-20)34(18)27(35)39-21-6-9-36-10-7-21/h12,15,18-22H,3-11,13-14,16H2,1-2H3,(H2,28,29,30,31,32)/t18-,19+,20?,22-/m1/s1. The third-order valence-electron chi connectivity index (χ3n) is 8.29. The van der Waals surface area contributed by atoms with Crippen LogP contribution in [-0.2, 0) is 14.2 Å². The molecule has 1 amide bonds. The molecule has 212 valence electrons. The Morgan fingerprint density at radius 3 is 2.46 bits per heavy atom. The average molecular weight is 542 g/mol. The molecule has 6 heterocycles. The Labute approximate surface area is 228 Å². The van der Waals surface area contributed by atoms with E-state index in [9.17, 15) is 4.79 Å². The van der Waals surface area contributed by atoms with Crippen molar-refractivity contribution in [3.8, 4) is 5.88 Å². The van der Waals surface area contributed by atoms with E-state index < -0.39 is 0 Å². The molecule has 4 aliphatic heterocycles. The predicted octanol–water partition coefficient (Wildman–Crippen LogP) is 3.56. The number of amides is 1. The van der Waals surface area contributed by atoms with Crippen LogP contribution >= 0.6 is 0 Å². The minimum atomic E-state index is -0.163. The molecule has 4 fully saturated rings. The number of fused-ring (bicyclic) bond motifs is 2. The molecule has 0 aromatic carbocycles. The Bertz CT molecular complexity index is 1120. The van der Waals surface area contributed by atoms with Crippen LogP contribution in [0.2, 0.25) is 0 Å². The molecule has 0 radical (unpaired) electrons. The monoisotopic (exact) mass is 541 g/mol. The van der Waals surface area contributed by atoms with Crippen molar-refractivity contribution < 1.29 is 23.7 Å². The van der Waals surface area contributed by atoms with Gasteiger partial charge in [-0.2, -0.15) is 15.1 Å². The molecule has 4 saturated heterocycles. The van der Waals surface area contributed by atoms with E-state index >= 15 is 0 Å². The molecular formula is C27H39N7O5. The van der Waals surface area contributed by atoms with Crippen molar-refractivity contribution in [1.29, 1.82) is 0 Å². The number of piperidine rings is 2. The van der Waals surface area contributed by atoms with Gasteiger partial charge in [0.15, 0.2) is 5.82 Å². The highest BCUT2D eigenvalue weighted by Gasteiger charge is 2.43. The summed E-state index contributed by atoms with van der Waals surface area (Å²) in [5, 5.41) is 10.5. The summed E-state index contributed by atoms with van der Waals surface area (Å²) in [6.07, 6.45) is 6.96. The molecule has 2 aromatic rings. The lowest BCUT2D eigenvalue weighted by Gasteiger charge is -2.50. The molecule has 6 rings (SSSR count). The Morgan fingerprint density at radius 1 is 1.03 bits per heavy atom. The first-order valence-corrected chi connectivity index (χ1v) is 14.2. The van der Waals surface area contributed by atoms with Gasteiger partial charge in [-0.3, -0.25) is 5.10 Å². The van der Waals surface area contributed by atoms with Gasteiger partial charge >= 0.3 is 6.09 Å². The van der Waals surface area contributed by atoms with Gasteiger partial charge < -0.3 is 34.1 Å². The van der Waals surface area contributed by atoms with Crippen LogP contribution in [0.15, 0.2) is 12.1 Å². The molecule has 2 N–H and O–H groups in total. The molecule has 4 atom stereocenters. The highest BCUT2D eigenvalue weighted by Crippen LogP contribution is 2.38. The summed E-state index contributed by atoms with van der Waals surface area (Å²) < 4.78 is 23.0. The van der Waals surface area contributed by atoms with E-state index in [4.69, 9.17) is 28.9 Å². The summed E-state index contributed by atoms with van der Waals surface area (Å²) in [4.78, 5) is 27.0. The zero-order chi connectivity index (χ0) is 26.8. The van der Waals surface area contributed by atoms with Crippen molar-refractivity contribution >= 4 is 23.7 Å². The molecule has 0 spiro atoms. The van der Waals surface area contributed by atoms with Crippen molar-refractivity contribution in [3.05, 3.63) is 17.8 Å². The second-order valence-electron chi connectivity index (χ2n) is 11.1. The number of hydrogen-bond acceptors (Lipinski definition) is 10. The number of ether oxygens (including phenoxy) is 4. The van der Waals surface area contributed by atoms with Gasteiger partial charge in [0.05, 0.1) is 26.4 Å². The zero-order valence-corrected chi connectivity index (χ0v) is 22.8. The number of aryl methyl sites for hydroxylation is 1. The number of hydrogen-bond donors (Lipinski definition) is 2. The van der Waals surface area contributed by atoms with Crippen LogP contribution in [-0.4, -0.2) is 95.0 Å². The van der Waals surface area contributed by atoms with Gasteiger partial charge in [-0.15, -0.1) is 0 Å². The second kappa shape index (κ2) is 11.5. The lowest BCUT2D eigenvalue weighted by atomic mass is 9.81. The molecular weight excluding hydrogens is 502 g/mol. The van der Waals surface area contributed by atoms with Crippen LogP contribution in [0.1, 0.15) is 57.1 Å². The number of nitrogens with zero attached hydrogens (tertiary/aromatic N) is 5. The van der Waals surface area contributed by atoms with Crippen molar-refractivity contribution in [2.75, 3.05) is 43.7 Å². The highest BCUT2D eigenvalue weighted by molar-refractivity contribution is 5.69. The fourth-order valence-corrected chi connectivity index (χ4v) is 6.21. The first-order valence-electron chi connectivity index (χ1n) is 14.2. The second-order valence-corrected chi connectivity index (χ2v) is 11.1. The quantitative estimate of drug-likeness (QED) is 0.537. The topological polar surface area (TPSA) is 127 Å². The normalized spacial score (nSPS) is 27.3. The zero-order valence-electron chi connectivity index (χ0n) is 22.8. The molecule has 1 unspecified atom stereocenters. The minimum Gasteiger partial charge on any atom is -0.472 e. The van der Waals surface area contributed by atoms with E-state index in [1.54, 1.807) is 0 Å². The van der Waals surface area contributed by atoms with E-state index in [2.05, 4.69) is 20.4 Å². The third-order valence-corrected chi connectivity index (χ3v) is 8.29. The number of H-pyrrole nitrogens is 1. The van der Waals surface area contributed by atoms with Crippen molar-refractivity contribution in [2.45, 2.75) is 88.6 Å². The van der Waals surface area contributed by atoms with Gasteiger partial charge in [0.2, 0.25) is 11.8 Å². The number of nitrogens with one attached hydrogen (secondary N) is 2. The van der Waals surface area contributed by atoms with Crippen LogP contribution in [0, 0.1) is 6.92 Å². The van der Waals surface area contributed by atoms with Gasteiger partial charge in [-0.05, 0) is 39.0 Å². The largest absolute Gasteiger partial charge is 0.472 e. The molecule has 0 saturated carbocycles. The summed E-state index contributed by atoms with van der Waals surface area (Å²) in [6, 6.07) is 4.23.